The van der Waals surface area contributed by atoms with Crippen LogP contribution in [0.15, 0.2) is 54.9 Å². The molecule has 1 atom stereocenters. The number of pyridine rings is 1. The van der Waals surface area contributed by atoms with Gasteiger partial charge in [-0.1, -0.05) is 18.2 Å². The molecule has 1 saturated heterocycles. The normalized spacial score (nSPS) is 15.3. The number of nitro benzene ring substituents is 1. The van der Waals surface area contributed by atoms with Crippen molar-refractivity contribution in [3.05, 3.63) is 70.5 Å². The van der Waals surface area contributed by atoms with Gasteiger partial charge in [0.2, 0.25) is 5.91 Å². The fourth-order valence-electron chi connectivity index (χ4n) is 4.33. The van der Waals surface area contributed by atoms with E-state index >= 15 is 0 Å². The molecule has 33 heavy (non-hydrogen) atoms. The Hall–Kier alpha value is -3.72. The van der Waals surface area contributed by atoms with Crippen LogP contribution in [0.3, 0.4) is 0 Å². The van der Waals surface area contributed by atoms with Crippen LogP contribution in [-0.2, 0) is 4.79 Å². The number of para-hydroxylation sites is 1. The van der Waals surface area contributed by atoms with Crippen LogP contribution in [0.1, 0.15) is 18.5 Å². The van der Waals surface area contributed by atoms with Crippen LogP contribution in [0.4, 0.5) is 11.4 Å². The third-order valence-electron chi connectivity index (χ3n) is 6.03. The molecule has 0 saturated carbocycles. The van der Waals surface area contributed by atoms with Crippen LogP contribution in [0.2, 0.25) is 0 Å². The lowest BCUT2D eigenvalue weighted by atomic mass is 10.1. The van der Waals surface area contributed by atoms with Crippen LogP contribution in [0, 0.1) is 10.1 Å². The van der Waals surface area contributed by atoms with E-state index in [-0.39, 0.29) is 22.6 Å². The lowest BCUT2D eigenvalue weighted by Crippen LogP contribution is -2.49. The molecule has 1 amide bonds. The fraction of sp³-hybridized carbons (Fsp3) is 0.333. The Balaban J connectivity index is 1.37. The largest absolute Gasteiger partial charge is 0.496 e. The summed E-state index contributed by atoms with van der Waals surface area (Å²) in [5.41, 5.74) is 1.95. The zero-order chi connectivity index (χ0) is 23.4. The molecule has 3 aromatic rings. The van der Waals surface area contributed by atoms with Gasteiger partial charge in [-0.15, -0.1) is 0 Å². The number of rotatable bonds is 7. The number of fused-ring (bicyclic) bond motifs is 1. The summed E-state index contributed by atoms with van der Waals surface area (Å²) >= 11 is 0. The third kappa shape index (κ3) is 4.88. The van der Waals surface area contributed by atoms with Gasteiger partial charge in [0.05, 0.1) is 30.0 Å². The Labute approximate surface area is 192 Å². The molecule has 1 aliphatic heterocycles. The van der Waals surface area contributed by atoms with Gasteiger partial charge in [-0.05, 0) is 25.1 Å². The Bertz CT molecular complexity index is 1160. The Morgan fingerprint density at radius 2 is 1.91 bits per heavy atom. The average molecular weight is 450 g/mol. The van der Waals surface area contributed by atoms with E-state index in [0.29, 0.717) is 11.9 Å². The predicted octanol–water partition coefficient (Wildman–Crippen LogP) is 3.15. The van der Waals surface area contributed by atoms with E-state index in [4.69, 9.17) is 4.74 Å². The van der Waals surface area contributed by atoms with Crippen LogP contribution in [0.5, 0.6) is 5.75 Å². The van der Waals surface area contributed by atoms with Gasteiger partial charge in [0.15, 0.2) is 0 Å². The first-order chi connectivity index (χ1) is 16.0. The minimum Gasteiger partial charge on any atom is -0.496 e. The van der Waals surface area contributed by atoms with Gasteiger partial charge in [0.1, 0.15) is 5.75 Å². The molecule has 1 aromatic heterocycles. The fourth-order valence-corrected chi connectivity index (χ4v) is 4.33. The standard InChI is InChI=1S/C24H27N5O4/c1-17(18-5-3-4-6-23(18)33-2)26-24(30)16-27-11-13-28(14-12-27)21-7-8-22(29(31)32)20-15-25-10-9-19(20)21/h3-10,15,17H,11-14,16H2,1-2H3,(H,26,30)/t17-/m0/s1. The van der Waals surface area contributed by atoms with Crippen molar-refractivity contribution in [2.45, 2.75) is 13.0 Å². The molecule has 1 N–H and O–H groups in total. The number of nitrogens with zero attached hydrogens (tertiary/aromatic N) is 4. The van der Waals surface area contributed by atoms with Gasteiger partial charge in [-0.3, -0.25) is 24.8 Å². The molecular weight excluding hydrogens is 422 g/mol. The Kier molecular flexibility index (Phi) is 6.69. The topological polar surface area (TPSA) is 101 Å². The summed E-state index contributed by atoms with van der Waals surface area (Å²) in [5.74, 6) is 0.721. The van der Waals surface area contributed by atoms with Crippen molar-refractivity contribution in [1.29, 1.82) is 0 Å². The van der Waals surface area contributed by atoms with E-state index < -0.39 is 0 Å². The van der Waals surface area contributed by atoms with Gasteiger partial charge in [-0.2, -0.15) is 0 Å². The molecular formula is C24H27N5O4. The van der Waals surface area contributed by atoms with Crippen molar-refractivity contribution in [3.8, 4) is 5.75 Å². The number of benzene rings is 2. The molecule has 0 spiro atoms. The van der Waals surface area contributed by atoms with Crippen molar-refractivity contribution in [2.24, 2.45) is 0 Å². The molecule has 9 nitrogen and oxygen atoms in total. The number of hydrogen-bond donors (Lipinski definition) is 1. The summed E-state index contributed by atoms with van der Waals surface area (Å²) < 4.78 is 5.39. The summed E-state index contributed by atoms with van der Waals surface area (Å²) in [6.45, 7) is 5.16. The highest BCUT2D eigenvalue weighted by Crippen LogP contribution is 2.33. The molecule has 2 aromatic carbocycles. The van der Waals surface area contributed by atoms with E-state index in [0.717, 1.165) is 48.6 Å². The molecule has 0 bridgehead atoms. The first kappa shape index (κ1) is 22.5. The molecule has 172 valence electrons. The van der Waals surface area contributed by atoms with Crippen LogP contribution >= 0.6 is 0 Å². The summed E-state index contributed by atoms with van der Waals surface area (Å²) in [4.78, 5) is 32.0. The number of amides is 1. The van der Waals surface area contributed by atoms with Crippen LogP contribution in [-0.4, -0.2) is 60.5 Å². The quantitative estimate of drug-likeness (QED) is 0.437. The lowest BCUT2D eigenvalue weighted by Gasteiger charge is -2.36. The minimum absolute atomic E-state index is 0.0336. The van der Waals surface area contributed by atoms with E-state index in [9.17, 15) is 14.9 Å². The van der Waals surface area contributed by atoms with Gasteiger partial charge in [0, 0.05) is 61.3 Å². The summed E-state index contributed by atoms with van der Waals surface area (Å²) in [6, 6.07) is 12.7. The number of anilines is 1. The lowest BCUT2D eigenvalue weighted by molar-refractivity contribution is -0.383. The predicted molar refractivity (Wildman–Crippen MR) is 127 cm³/mol. The SMILES string of the molecule is COc1ccccc1[C@H](C)NC(=O)CN1CCN(c2ccc([N+](=O)[O-])c3cnccc23)CC1. The zero-order valence-electron chi connectivity index (χ0n) is 18.7. The van der Waals surface area contributed by atoms with Gasteiger partial charge in [-0.25, -0.2) is 0 Å². The summed E-state index contributed by atoms with van der Waals surface area (Å²) in [7, 11) is 1.62. The van der Waals surface area contributed by atoms with Crippen LogP contribution < -0.4 is 15.0 Å². The van der Waals surface area contributed by atoms with E-state index in [1.807, 2.05) is 37.3 Å². The van der Waals surface area contributed by atoms with Gasteiger partial charge < -0.3 is 15.0 Å². The smallest absolute Gasteiger partial charge is 0.278 e. The van der Waals surface area contributed by atoms with Crippen LogP contribution in [0.25, 0.3) is 10.8 Å². The summed E-state index contributed by atoms with van der Waals surface area (Å²) in [5, 5.41) is 15.8. The molecule has 1 fully saturated rings. The number of hydrogen-bond acceptors (Lipinski definition) is 7. The number of carbonyl (C=O) groups excluding carboxylic acids is 1. The molecule has 2 heterocycles. The van der Waals surface area contributed by atoms with Crippen molar-refractivity contribution in [3.63, 3.8) is 0 Å². The number of non-ortho nitro benzene ring substituents is 1. The second kappa shape index (κ2) is 9.83. The summed E-state index contributed by atoms with van der Waals surface area (Å²) in [6.07, 6.45) is 3.19. The zero-order valence-corrected chi connectivity index (χ0v) is 18.7. The average Bonchev–Trinajstić information content (AvgIpc) is 2.83. The Morgan fingerprint density at radius 1 is 1.15 bits per heavy atom. The number of ether oxygens (including phenoxy) is 1. The molecule has 9 heteroatoms. The highest BCUT2D eigenvalue weighted by molar-refractivity contribution is 5.99. The van der Waals surface area contributed by atoms with Gasteiger partial charge >= 0.3 is 0 Å². The van der Waals surface area contributed by atoms with Crippen molar-refractivity contribution in [2.75, 3.05) is 44.7 Å². The first-order valence-corrected chi connectivity index (χ1v) is 10.9. The first-order valence-electron chi connectivity index (χ1n) is 10.9. The maximum absolute atomic E-state index is 12.6. The second-order valence-electron chi connectivity index (χ2n) is 8.08. The number of piperazine rings is 1. The van der Waals surface area contributed by atoms with E-state index in [1.54, 1.807) is 31.6 Å². The maximum atomic E-state index is 12.6. The van der Waals surface area contributed by atoms with Gasteiger partial charge in [0.25, 0.3) is 5.69 Å². The van der Waals surface area contributed by atoms with Crippen molar-refractivity contribution in [1.82, 2.24) is 15.2 Å². The van der Waals surface area contributed by atoms with E-state index in [2.05, 4.69) is 20.1 Å². The maximum Gasteiger partial charge on any atom is 0.278 e. The molecule has 1 aliphatic rings. The number of methoxy groups -OCH3 is 1. The van der Waals surface area contributed by atoms with E-state index in [1.165, 1.54) is 0 Å². The number of nitro groups is 1. The second-order valence-corrected chi connectivity index (χ2v) is 8.08. The number of nitrogens with one attached hydrogen (secondary N) is 1. The third-order valence-corrected chi connectivity index (χ3v) is 6.03. The highest BCUT2D eigenvalue weighted by atomic mass is 16.6. The number of carbonyl (C=O) groups is 1. The molecule has 0 unspecified atom stereocenters. The Morgan fingerprint density at radius 3 is 2.64 bits per heavy atom. The molecule has 0 radical (unpaired) electrons. The molecule has 0 aliphatic carbocycles. The van der Waals surface area contributed by atoms with Crippen molar-refractivity contribution < 1.29 is 14.5 Å². The highest BCUT2D eigenvalue weighted by Gasteiger charge is 2.23. The monoisotopic (exact) mass is 449 g/mol. The number of aromatic nitrogens is 1. The minimum atomic E-state index is -0.379. The molecule has 4 rings (SSSR count). The van der Waals surface area contributed by atoms with Crippen molar-refractivity contribution >= 4 is 28.1 Å².